The van der Waals surface area contributed by atoms with Gasteiger partial charge < -0.3 is 29.8 Å². The quantitative estimate of drug-likeness (QED) is 0.130. The fourth-order valence-corrected chi connectivity index (χ4v) is 11.7. The fourth-order valence-electron chi connectivity index (χ4n) is 7.06. The Kier molecular flexibility index (Phi) is 10.5. The summed E-state index contributed by atoms with van der Waals surface area (Å²) in [5.41, 5.74) is 4.08. The van der Waals surface area contributed by atoms with Gasteiger partial charge in [0.1, 0.15) is 24.1 Å². The smallest absolute Gasteiger partial charge is 0.351 e. The minimum atomic E-state index is -3.54. The summed E-state index contributed by atoms with van der Waals surface area (Å²) in [4.78, 5) is 32.2. The van der Waals surface area contributed by atoms with Gasteiger partial charge in [-0.2, -0.15) is 4.98 Å². The largest absolute Gasteiger partial charge is 0.394 e. The van der Waals surface area contributed by atoms with Gasteiger partial charge in [0.15, 0.2) is 17.6 Å². The van der Waals surface area contributed by atoms with E-state index < -0.39 is 61.6 Å². The van der Waals surface area contributed by atoms with Crippen molar-refractivity contribution < 1.29 is 28.9 Å². The highest BCUT2D eigenvalue weighted by atomic mass is 28.4. The van der Waals surface area contributed by atoms with E-state index in [1.54, 1.807) is 30.3 Å². The van der Waals surface area contributed by atoms with Gasteiger partial charge in [-0.1, -0.05) is 142 Å². The van der Waals surface area contributed by atoms with Crippen molar-refractivity contribution in [1.82, 2.24) is 9.55 Å². The lowest BCUT2D eigenvalue weighted by molar-refractivity contribution is -0.179. The Morgan fingerprint density at radius 1 is 0.902 bits per heavy atom. The van der Waals surface area contributed by atoms with E-state index in [2.05, 4.69) is 25.8 Å². The van der Waals surface area contributed by atoms with Crippen LogP contribution in [0.25, 0.3) is 0 Å². The van der Waals surface area contributed by atoms with Gasteiger partial charge >= 0.3 is 5.69 Å². The molecule has 1 unspecified atom stereocenters. The maximum absolute atomic E-state index is 15.1. The second-order valence-electron chi connectivity index (χ2n) is 13.8. The topological polar surface area (TPSA) is 146 Å². The summed E-state index contributed by atoms with van der Waals surface area (Å²) >= 11 is 0. The maximum Gasteiger partial charge on any atom is 0.351 e. The molecule has 6 rings (SSSR count). The average Bonchev–Trinajstić information content (AvgIpc) is 3.43. The lowest BCUT2D eigenvalue weighted by atomic mass is 9.85. The Balaban J connectivity index is 1.60. The number of hydrogen-bond acceptors (Lipinski definition) is 9. The van der Waals surface area contributed by atoms with Crippen molar-refractivity contribution in [3.63, 3.8) is 0 Å². The molecule has 0 saturated carbocycles. The molecule has 51 heavy (non-hydrogen) atoms. The SMILES string of the molecule is CC(C)(C)[Si](OC(C(=O)c1ccccc1)[C@@]1(CO)O[C@@H](n2ccc(N)nc2=O)[C@H](O)[C@@H]1OCc1ccccc1)(c1ccccc1)c1ccccc1. The zero-order valence-corrected chi connectivity index (χ0v) is 29.8. The van der Waals surface area contributed by atoms with Crippen LogP contribution in [0.3, 0.4) is 0 Å². The van der Waals surface area contributed by atoms with Crippen LogP contribution in [0.15, 0.2) is 138 Å². The third-order valence-electron chi connectivity index (χ3n) is 9.52. The first-order chi connectivity index (χ1) is 24.5. The number of nitrogen functional groups attached to an aromatic ring is 1. The third kappa shape index (κ3) is 6.84. The molecule has 264 valence electrons. The Labute approximate surface area is 298 Å². The zero-order chi connectivity index (χ0) is 36.2. The third-order valence-corrected chi connectivity index (χ3v) is 14.5. The molecule has 0 bridgehead atoms. The van der Waals surface area contributed by atoms with Gasteiger partial charge in [0.05, 0.1) is 13.2 Å². The van der Waals surface area contributed by atoms with Crippen LogP contribution in [0, 0.1) is 0 Å². The first kappa shape index (κ1) is 36.1. The fraction of sp³-hybridized carbons (Fsp3) is 0.275. The second kappa shape index (κ2) is 14.8. The van der Waals surface area contributed by atoms with Crippen LogP contribution >= 0.6 is 0 Å². The van der Waals surface area contributed by atoms with Crippen LogP contribution < -0.4 is 21.8 Å². The Morgan fingerprint density at radius 3 is 1.94 bits per heavy atom. The monoisotopic (exact) mass is 705 g/mol. The molecular weight excluding hydrogens is 663 g/mol. The molecular formula is C40H43N3O7Si. The number of carbonyl (C=O) groups excluding carboxylic acids is 1. The number of anilines is 1. The molecule has 1 aliphatic heterocycles. The van der Waals surface area contributed by atoms with Crippen molar-refractivity contribution in [3.05, 3.63) is 155 Å². The van der Waals surface area contributed by atoms with E-state index in [1.807, 2.05) is 91.0 Å². The summed E-state index contributed by atoms with van der Waals surface area (Å²) in [6, 6.07) is 38.9. The molecule has 5 atom stereocenters. The molecule has 1 aromatic heterocycles. The van der Waals surface area contributed by atoms with Crippen molar-refractivity contribution >= 4 is 30.3 Å². The van der Waals surface area contributed by atoms with E-state index in [1.165, 1.54) is 12.3 Å². The molecule has 4 aromatic carbocycles. The number of aliphatic hydroxyl groups excluding tert-OH is 2. The molecule has 0 spiro atoms. The number of aromatic nitrogens is 2. The summed E-state index contributed by atoms with van der Waals surface area (Å²) in [7, 11) is -3.54. The van der Waals surface area contributed by atoms with Crippen molar-refractivity contribution in [2.24, 2.45) is 0 Å². The van der Waals surface area contributed by atoms with E-state index in [-0.39, 0.29) is 12.4 Å². The number of benzene rings is 4. The molecule has 10 nitrogen and oxygen atoms in total. The van der Waals surface area contributed by atoms with E-state index >= 15 is 4.79 Å². The van der Waals surface area contributed by atoms with Crippen LogP contribution in [-0.2, 0) is 20.5 Å². The van der Waals surface area contributed by atoms with Crippen LogP contribution in [0.2, 0.25) is 5.04 Å². The van der Waals surface area contributed by atoms with Crippen molar-refractivity contribution in [2.45, 2.75) is 62.6 Å². The summed E-state index contributed by atoms with van der Waals surface area (Å²) in [5.74, 6) is -0.497. The molecule has 0 aliphatic carbocycles. The molecule has 1 saturated heterocycles. The molecule has 0 amide bonds. The van der Waals surface area contributed by atoms with Crippen LogP contribution in [0.1, 0.15) is 42.9 Å². The van der Waals surface area contributed by atoms with Crippen LogP contribution in [0.4, 0.5) is 5.82 Å². The van der Waals surface area contributed by atoms with Crippen molar-refractivity contribution in [2.75, 3.05) is 12.3 Å². The Hall–Kier alpha value is -4.75. The Morgan fingerprint density at radius 2 is 1.43 bits per heavy atom. The normalized spacial score (nSPS) is 21.3. The second-order valence-corrected chi connectivity index (χ2v) is 18.0. The number of ether oxygens (including phenoxy) is 2. The summed E-state index contributed by atoms with van der Waals surface area (Å²) in [6.07, 6.45) is -4.54. The number of aliphatic hydroxyl groups is 2. The Bertz CT molecular complexity index is 1930. The van der Waals surface area contributed by atoms with Gasteiger partial charge in [0, 0.05) is 11.8 Å². The van der Waals surface area contributed by atoms with Gasteiger partial charge in [0.25, 0.3) is 8.32 Å². The van der Waals surface area contributed by atoms with Crippen molar-refractivity contribution in [3.8, 4) is 0 Å². The zero-order valence-electron chi connectivity index (χ0n) is 28.8. The highest BCUT2D eigenvalue weighted by Gasteiger charge is 2.65. The predicted molar refractivity (Wildman–Crippen MR) is 197 cm³/mol. The lowest BCUT2D eigenvalue weighted by Gasteiger charge is -2.48. The number of ketones is 1. The molecule has 1 aliphatic rings. The highest BCUT2D eigenvalue weighted by molar-refractivity contribution is 6.99. The van der Waals surface area contributed by atoms with E-state index in [0.29, 0.717) is 5.56 Å². The molecule has 11 heteroatoms. The molecule has 2 heterocycles. The summed E-state index contributed by atoms with van der Waals surface area (Å²) < 4.78 is 21.8. The lowest BCUT2D eigenvalue weighted by Crippen LogP contribution is -2.72. The first-order valence-corrected chi connectivity index (χ1v) is 18.8. The maximum atomic E-state index is 15.1. The van der Waals surface area contributed by atoms with Crippen LogP contribution in [0.5, 0.6) is 0 Å². The minimum absolute atomic E-state index is 0.000738. The standard InChI is InChI=1S/C40H43N3O7Si/c1-39(2,3)51(30-20-12-6-13-21-30,31-22-14-7-15-23-31)50-36(33(45)29-18-10-5-11-19-29)40(27-44)35(48-26-28-16-8-4-9-17-28)34(46)37(49-40)43-25-24-32(41)42-38(43)47/h4-25,34-37,44,46H,26-27H2,1-3H3,(H2,41,42,47)/t34-,35+,36?,37-,40+/m1/s1. The van der Waals surface area contributed by atoms with Gasteiger partial charge in [0.2, 0.25) is 0 Å². The minimum Gasteiger partial charge on any atom is -0.394 e. The summed E-state index contributed by atoms with van der Waals surface area (Å²) in [5, 5.41) is 24.9. The number of carbonyl (C=O) groups is 1. The van der Waals surface area contributed by atoms with Crippen molar-refractivity contribution in [1.29, 1.82) is 0 Å². The molecule has 4 N–H and O–H groups in total. The number of nitrogens with zero attached hydrogens (tertiary/aromatic N) is 2. The first-order valence-electron chi connectivity index (χ1n) is 16.9. The summed E-state index contributed by atoms with van der Waals surface area (Å²) in [6.45, 7) is 5.42. The molecule has 0 radical (unpaired) electrons. The highest BCUT2D eigenvalue weighted by Crippen LogP contribution is 2.46. The number of nitrogens with two attached hydrogens (primary N) is 1. The van der Waals surface area contributed by atoms with E-state index in [0.717, 1.165) is 20.5 Å². The van der Waals surface area contributed by atoms with Gasteiger partial charge in [-0.15, -0.1) is 0 Å². The van der Waals surface area contributed by atoms with Gasteiger partial charge in [-0.05, 0) is 27.0 Å². The number of rotatable bonds is 12. The molecule has 1 fully saturated rings. The van der Waals surface area contributed by atoms with Gasteiger partial charge in [-0.3, -0.25) is 9.36 Å². The van der Waals surface area contributed by atoms with E-state index in [9.17, 15) is 15.0 Å². The van der Waals surface area contributed by atoms with Crippen LogP contribution in [-0.4, -0.2) is 64.4 Å². The average molecular weight is 706 g/mol. The number of hydrogen-bond donors (Lipinski definition) is 3. The molecule has 5 aromatic rings. The van der Waals surface area contributed by atoms with E-state index in [4.69, 9.17) is 19.6 Å². The predicted octanol–water partition coefficient (Wildman–Crippen LogP) is 3.86. The van der Waals surface area contributed by atoms with Gasteiger partial charge in [-0.25, -0.2) is 4.79 Å². The number of Topliss-reactive ketones (excluding diaryl/α,β-unsaturated/α-hetero) is 1.